The first kappa shape index (κ1) is 16.3. The Hall–Kier alpha value is -1.07. The normalized spacial score (nSPS) is 19.9. The van der Waals surface area contributed by atoms with E-state index in [4.69, 9.17) is 16.7 Å². The molecule has 1 saturated heterocycles. The van der Waals surface area contributed by atoms with Gasteiger partial charge in [-0.05, 0) is 45.6 Å². The van der Waals surface area contributed by atoms with Gasteiger partial charge in [-0.1, -0.05) is 11.6 Å². The Kier molecular flexibility index (Phi) is 5.65. The van der Waals surface area contributed by atoms with Crippen molar-refractivity contribution < 1.29 is 9.90 Å². The number of hydrogen-bond acceptors (Lipinski definition) is 3. The van der Waals surface area contributed by atoms with Gasteiger partial charge in [0.2, 0.25) is 0 Å². The second-order valence-electron chi connectivity index (χ2n) is 5.84. The lowest BCUT2D eigenvalue weighted by molar-refractivity contribution is -0.137. The second kappa shape index (κ2) is 7.27. The molecule has 1 fully saturated rings. The SMILES string of the molecule is CCn1nc(C)c(Cl)c1CN1CCCC(CCC(=O)O)C1. The van der Waals surface area contributed by atoms with E-state index in [9.17, 15) is 4.79 Å². The number of rotatable bonds is 6. The van der Waals surface area contributed by atoms with Crippen LogP contribution in [0.1, 0.15) is 44.0 Å². The highest BCUT2D eigenvalue weighted by molar-refractivity contribution is 6.31. The number of carboxylic acid groups (broad SMARTS) is 1. The van der Waals surface area contributed by atoms with Crippen LogP contribution in [0.4, 0.5) is 0 Å². The molecule has 5 nitrogen and oxygen atoms in total. The Labute approximate surface area is 130 Å². The van der Waals surface area contributed by atoms with E-state index in [1.165, 1.54) is 0 Å². The summed E-state index contributed by atoms with van der Waals surface area (Å²) < 4.78 is 1.97. The molecular weight excluding hydrogens is 290 g/mol. The van der Waals surface area contributed by atoms with Crippen LogP contribution < -0.4 is 0 Å². The van der Waals surface area contributed by atoms with Gasteiger partial charge in [0.05, 0.1) is 16.4 Å². The molecule has 0 bridgehead atoms. The molecule has 118 valence electrons. The predicted octanol–water partition coefficient (Wildman–Crippen LogP) is 2.94. The molecular formula is C15H24ClN3O2. The third kappa shape index (κ3) is 4.20. The van der Waals surface area contributed by atoms with Crippen molar-refractivity contribution in [2.24, 2.45) is 5.92 Å². The van der Waals surface area contributed by atoms with Crippen molar-refractivity contribution >= 4 is 17.6 Å². The lowest BCUT2D eigenvalue weighted by atomic mass is 9.93. The maximum absolute atomic E-state index is 10.7. The summed E-state index contributed by atoms with van der Waals surface area (Å²) in [7, 11) is 0. The fourth-order valence-electron chi connectivity index (χ4n) is 3.09. The largest absolute Gasteiger partial charge is 0.481 e. The Morgan fingerprint density at radius 2 is 2.29 bits per heavy atom. The molecule has 1 N–H and O–H groups in total. The van der Waals surface area contributed by atoms with Gasteiger partial charge in [-0.3, -0.25) is 14.4 Å². The lowest BCUT2D eigenvalue weighted by Crippen LogP contribution is -2.35. The number of aryl methyl sites for hydroxylation is 2. The van der Waals surface area contributed by atoms with E-state index in [0.29, 0.717) is 5.92 Å². The minimum Gasteiger partial charge on any atom is -0.481 e. The van der Waals surface area contributed by atoms with E-state index >= 15 is 0 Å². The number of aromatic nitrogens is 2. The van der Waals surface area contributed by atoms with Crippen LogP contribution in [0.5, 0.6) is 0 Å². The molecule has 2 heterocycles. The zero-order chi connectivity index (χ0) is 15.4. The minimum atomic E-state index is -0.699. The number of carbonyl (C=O) groups is 1. The Morgan fingerprint density at radius 1 is 1.52 bits per heavy atom. The summed E-state index contributed by atoms with van der Waals surface area (Å²) in [5.41, 5.74) is 1.96. The first-order valence-electron chi connectivity index (χ1n) is 7.67. The fourth-order valence-corrected chi connectivity index (χ4v) is 3.29. The van der Waals surface area contributed by atoms with E-state index in [0.717, 1.165) is 61.9 Å². The highest BCUT2D eigenvalue weighted by atomic mass is 35.5. The summed E-state index contributed by atoms with van der Waals surface area (Å²) in [5, 5.41) is 14.0. The summed E-state index contributed by atoms with van der Waals surface area (Å²) >= 11 is 6.36. The second-order valence-corrected chi connectivity index (χ2v) is 6.22. The fraction of sp³-hybridized carbons (Fsp3) is 0.733. The third-order valence-corrected chi connectivity index (χ3v) is 4.69. The van der Waals surface area contributed by atoms with Crippen LogP contribution >= 0.6 is 11.6 Å². The first-order chi connectivity index (χ1) is 10.0. The van der Waals surface area contributed by atoms with Gasteiger partial charge in [-0.15, -0.1) is 0 Å². The molecule has 1 unspecified atom stereocenters. The molecule has 2 rings (SSSR count). The van der Waals surface area contributed by atoms with Gasteiger partial charge in [-0.2, -0.15) is 5.10 Å². The smallest absolute Gasteiger partial charge is 0.303 e. The molecule has 1 atom stereocenters. The number of halogens is 1. The lowest BCUT2D eigenvalue weighted by Gasteiger charge is -2.32. The highest BCUT2D eigenvalue weighted by Gasteiger charge is 2.23. The monoisotopic (exact) mass is 313 g/mol. The average molecular weight is 314 g/mol. The van der Waals surface area contributed by atoms with Crippen molar-refractivity contribution in [2.45, 2.75) is 52.6 Å². The van der Waals surface area contributed by atoms with Crippen LogP contribution in [0.2, 0.25) is 5.02 Å². The Bertz CT molecular complexity index is 501. The molecule has 0 aromatic carbocycles. The van der Waals surface area contributed by atoms with Crippen molar-refractivity contribution in [3.05, 3.63) is 16.4 Å². The van der Waals surface area contributed by atoms with Crippen molar-refractivity contribution in [3.63, 3.8) is 0 Å². The van der Waals surface area contributed by atoms with E-state index in [1.54, 1.807) is 0 Å². The maximum atomic E-state index is 10.7. The Morgan fingerprint density at radius 3 is 2.95 bits per heavy atom. The van der Waals surface area contributed by atoms with E-state index in [-0.39, 0.29) is 6.42 Å². The van der Waals surface area contributed by atoms with E-state index in [2.05, 4.69) is 16.9 Å². The number of likely N-dealkylation sites (tertiary alicyclic amines) is 1. The van der Waals surface area contributed by atoms with Crippen molar-refractivity contribution in [1.82, 2.24) is 14.7 Å². The molecule has 1 aromatic heterocycles. The summed E-state index contributed by atoms with van der Waals surface area (Å²) in [6, 6.07) is 0. The highest BCUT2D eigenvalue weighted by Crippen LogP contribution is 2.26. The molecule has 0 amide bonds. The van der Waals surface area contributed by atoms with Gasteiger partial charge < -0.3 is 5.11 Å². The number of aliphatic carboxylic acids is 1. The van der Waals surface area contributed by atoms with Gasteiger partial charge in [0.25, 0.3) is 0 Å². The molecule has 0 aliphatic carbocycles. The number of hydrogen-bond donors (Lipinski definition) is 1. The molecule has 0 radical (unpaired) electrons. The maximum Gasteiger partial charge on any atom is 0.303 e. The van der Waals surface area contributed by atoms with Gasteiger partial charge in [0.15, 0.2) is 0 Å². The van der Waals surface area contributed by atoms with Crippen LogP contribution in [0.25, 0.3) is 0 Å². The Balaban J connectivity index is 1.98. The third-order valence-electron chi connectivity index (χ3n) is 4.20. The molecule has 0 saturated carbocycles. The molecule has 1 aliphatic rings. The van der Waals surface area contributed by atoms with Crippen LogP contribution in [-0.4, -0.2) is 38.8 Å². The molecule has 6 heteroatoms. The van der Waals surface area contributed by atoms with Crippen LogP contribution in [-0.2, 0) is 17.9 Å². The molecule has 1 aliphatic heterocycles. The van der Waals surface area contributed by atoms with Crippen LogP contribution in [0, 0.1) is 12.8 Å². The molecule has 21 heavy (non-hydrogen) atoms. The number of piperidine rings is 1. The number of nitrogens with zero attached hydrogens (tertiary/aromatic N) is 3. The zero-order valence-corrected chi connectivity index (χ0v) is 13.6. The van der Waals surface area contributed by atoms with Crippen LogP contribution in [0.15, 0.2) is 0 Å². The molecule has 0 spiro atoms. The topological polar surface area (TPSA) is 58.4 Å². The van der Waals surface area contributed by atoms with Crippen molar-refractivity contribution in [3.8, 4) is 0 Å². The van der Waals surface area contributed by atoms with E-state index in [1.807, 2.05) is 11.6 Å². The standard InChI is InChI=1S/C15H24ClN3O2/c1-3-19-13(15(16)11(2)17-19)10-18-8-4-5-12(9-18)6-7-14(20)21/h12H,3-10H2,1-2H3,(H,20,21). The summed E-state index contributed by atoms with van der Waals surface area (Å²) in [5.74, 6) is -0.220. The van der Waals surface area contributed by atoms with E-state index < -0.39 is 5.97 Å². The molecule has 1 aromatic rings. The zero-order valence-electron chi connectivity index (χ0n) is 12.8. The van der Waals surface area contributed by atoms with Crippen molar-refractivity contribution in [1.29, 1.82) is 0 Å². The quantitative estimate of drug-likeness (QED) is 0.877. The first-order valence-corrected chi connectivity index (χ1v) is 8.05. The summed E-state index contributed by atoms with van der Waals surface area (Å²) in [4.78, 5) is 13.1. The van der Waals surface area contributed by atoms with Gasteiger partial charge in [0, 0.05) is 26.1 Å². The van der Waals surface area contributed by atoms with Gasteiger partial charge >= 0.3 is 5.97 Å². The summed E-state index contributed by atoms with van der Waals surface area (Å²) in [6.45, 7) is 7.63. The number of carboxylic acids is 1. The minimum absolute atomic E-state index is 0.269. The van der Waals surface area contributed by atoms with Crippen molar-refractivity contribution in [2.75, 3.05) is 13.1 Å². The predicted molar refractivity (Wildman–Crippen MR) is 82.5 cm³/mol. The average Bonchev–Trinajstić information content (AvgIpc) is 2.73. The summed E-state index contributed by atoms with van der Waals surface area (Å²) in [6.07, 6.45) is 3.29. The van der Waals surface area contributed by atoms with Gasteiger partial charge in [0.1, 0.15) is 0 Å². The van der Waals surface area contributed by atoms with Crippen LogP contribution in [0.3, 0.4) is 0 Å². The van der Waals surface area contributed by atoms with Gasteiger partial charge in [-0.25, -0.2) is 0 Å².